The number of nitrogens with two attached hydrogens (primary N) is 1. The maximum Gasteiger partial charge on any atom is 0.271 e. The minimum Gasteiger partial charge on any atom is -0.354 e. The van der Waals surface area contributed by atoms with Gasteiger partial charge in [-0.15, -0.1) is 10.2 Å². The number of rotatable bonds is 5. The van der Waals surface area contributed by atoms with Gasteiger partial charge in [0.05, 0.1) is 0 Å². The molecule has 1 saturated carbocycles. The summed E-state index contributed by atoms with van der Waals surface area (Å²) in [5.41, 5.74) is 6.20. The monoisotopic (exact) mass is 277 g/mol. The Morgan fingerprint density at radius 2 is 2.25 bits per heavy atom. The Hall–Kier alpha value is -1.69. The molecule has 0 aromatic carbocycles. The Morgan fingerprint density at radius 3 is 2.80 bits per heavy atom. The Bertz CT molecular complexity index is 447. The van der Waals surface area contributed by atoms with E-state index in [1.165, 1.54) is 12.8 Å². The van der Waals surface area contributed by atoms with Gasteiger partial charge in [0, 0.05) is 19.6 Å². The van der Waals surface area contributed by atoms with Crippen LogP contribution in [0, 0.1) is 5.92 Å². The van der Waals surface area contributed by atoms with Crippen LogP contribution in [-0.2, 0) is 0 Å². The number of hydrogen-bond acceptors (Lipinski definition) is 5. The molecule has 1 fully saturated rings. The number of anilines is 1. The maximum atomic E-state index is 11.5. The molecule has 2 rings (SSSR count). The molecule has 20 heavy (non-hydrogen) atoms. The predicted molar refractivity (Wildman–Crippen MR) is 78.6 cm³/mol. The first kappa shape index (κ1) is 14.7. The highest BCUT2D eigenvalue weighted by atomic mass is 16.1. The number of hydrogen-bond donors (Lipinski definition) is 2. The summed E-state index contributed by atoms with van der Waals surface area (Å²) in [5, 5.41) is 10.8. The zero-order chi connectivity index (χ0) is 14.5. The minimum absolute atomic E-state index is 0.215. The Kier molecular flexibility index (Phi) is 4.89. The number of carbonyl (C=O) groups is 1. The number of amides is 1. The van der Waals surface area contributed by atoms with Gasteiger partial charge < -0.3 is 16.0 Å². The van der Waals surface area contributed by atoms with E-state index in [1.807, 2.05) is 6.07 Å². The van der Waals surface area contributed by atoms with E-state index >= 15 is 0 Å². The number of carbonyl (C=O) groups excluding carboxylic acids is 1. The van der Waals surface area contributed by atoms with Crippen molar-refractivity contribution in [1.82, 2.24) is 15.5 Å². The molecule has 1 aliphatic carbocycles. The third kappa shape index (κ3) is 2.90. The van der Waals surface area contributed by atoms with Crippen molar-refractivity contribution in [2.24, 2.45) is 11.7 Å². The van der Waals surface area contributed by atoms with Crippen molar-refractivity contribution in [3.05, 3.63) is 17.8 Å². The van der Waals surface area contributed by atoms with Crippen LogP contribution in [0.3, 0.4) is 0 Å². The van der Waals surface area contributed by atoms with Crippen LogP contribution < -0.4 is 16.0 Å². The fraction of sp³-hybridized carbons (Fsp3) is 0.643. The van der Waals surface area contributed by atoms with E-state index < -0.39 is 0 Å². The first-order valence-corrected chi connectivity index (χ1v) is 7.23. The van der Waals surface area contributed by atoms with E-state index in [2.05, 4.69) is 27.3 Å². The van der Waals surface area contributed by atoms with Crippen molar-refractivity contribution < 1.29 is 4.79 Å². The highest BCUT2D eigenvalue weighted by Gasteiger charge is 2.31. The van der Waals surface area contributed by atoms with Crippen LogP contribution in [0.2, 0.25) is 0 Å². The molecule has 1 aromatic rings. The topological polar surface area (TPSA) is 84.1 Å². The lowest BCUT2D eigenvalue weighted by Crippen LogP contribution is -2.41. The van der Waals surface area contributed by atoms with Crippen molar-refractivity contribution >= 4 is 11.7 Å². The highest BCUT2D eigenvalue weighted by molar-refractivity contribution is 5.91. The fourth-order valence-electron chi connectivity index (χ4n) is 3.00. The van der Waals surface area contributed by atoms with Gasteiger partial charge in [-0.2, -0.15) is 0 Å². The van der Waals surface area contributed by atoms with E-state index in [1.54, 1.807) is 13.1 Å². The van der Waals surface area contributed by atoms with Crippen LogP contribution in [0.4, 0.5) is 5.82 Å². The van der Waals surface area contributed by atoms with Crippen LogP contribution in [0.1, 0.15) is 36.7 Å². The molecule has 2 unspecified atom stereocenters. The van der Waals surface area contributed by atoms with Crippen molar-refractivity contribution in [2.75, 3.05) is 25.0 Å². The second kappa shape index (κ2) is 6.65. The van der Waals surface area contributed by atoms with Crippen molar-refractivity contribution in [3.63, 3.8) is 0 Å². The summed E-state index contributed by atoms with van der Waals surface area (Å²) >= 11 is 0. The normalized spacial score (nSPS) is 21.8. The highest BCUT2D eigenvalue weighted by Crippen LogP contribution is 2.31. The average Bonchev–Trinajstić information content (AvgIpc) is 2.96. The lowest BCUT2D eigenvalue weighted by molar-refractivity contribution is 0.0957. The van der Waals surface area contributed by atoms with Gasteiger partial charge in [-0.05, 0) is 44.4 Å². The number of nitrogens with zero attached hydrogens (tertiary/aromatic N) is 3. The molecular formula is C14H23N5O. The lowest BCUT2D eigenvalue weighted by atomic mass is 10.0. The van der Waals surface area contributed by atoms with Crippen molar-refractivity contribution in [3.8, 4) is 0 Å². The second-order valence-corrected chi connectivity index (χ2v) is 5.14. The summed E-state index contributed by atoms with van der Waals surface area (Å²) in [6.45, 7) is 3.69. The van der Waals surface area contributed by atoms with E-state index in [0.717, 1.165) is 18.8 Å². The molecule has 2 atom stereocenters. The Labute approximate surface area is 119 Å². The van der Waals surface area contributed by atoms with Crippen LogP contribution in [0.15, 0.2) is 12.1 Å². The van der Waals surface area contributed by atoms with Crippen LogP contribution in [0.5, 0.6) is 0 Å². The molecular weight excluding hydrogens is 254 g/mol. The first-order chi connectivity index (χ1) is 9.71. The van der Waals surface area contributed by atoms with E-state index in [4.69, 9.17) is 5.73 Å². The van der Waals surface area contributed by atoms with Crippen molar-refractivity contribution in [1.29, 1.82) is 0 Å². The molecule has 110 valence electrons. The molecule has 0 aliphatic heterocycles. The molecule has 0 spiro atoms. The SMILES string of the molecule is CCN(c1ccc(C(=O)NC)nn1)C1CCCC1CN. The van der Waals surface area contributed by atoms with Crippen molar-refractivity contribution in [2.45, 2.75) is 32.2 Å². The second-order valence-electron chi connectivity index (χ2n) is 5.14. The van der Waals surface area contributed by atoms with E-state index in [0.29, 0.717) is 24.2 Å². The maximum absolute atomic E-state index is 11.5. The summed E-state index contributed by atoms with van der Waals surface area (Å²) in [7, 11) is 1.58. The van der Waals surface area contributed by atoms with E-state index in [-0.39, 0.29) is 5.91 Å². The van der Waals surface area contributed by atoms with Crippen LogP contribution in [0.25, 0.3) is 0 Å². The standard InChI is InChI=1S/C14H23N5O/c1-3-19(12-6-4-5-10(12)9-15)13-8-7-11(17-18-13)14(20)16-2/h7-8,10,12H,3-6,9,15H2,1-2H3,(H,16,20). The molecule has 6 nitrogen and oxygen atoms in total. The van der Waals surface area contributed by atoms with Gasteiger partial charge in [-0.3, -0.25) is 4.79 Å². The van der Waals surface area contributed by atoms with Gasteiger partial charge in [0.2, 0.25) is 0 Å². The summed E-state index contributed by atoms with van der Waals surface area (Å²) in [6, 6.07) is 4.02. The van der Waals surface area contributed by atoms with Gasteiger partial charge in [0.15, 0.2) is 11.5 Å². The van der Waals surface area contributed by atoms with Gasteiger partial charge in [-0.1, -0.05) is 6.42 Å². The summed E-state index contributed by atoms with van der Waals surface area (Å²) in [5.74, 6) is 1.13. The first-order valence-electron chi connectivity index (χ1n) is 7.23. The average molecular weight is 277 g/mol. The smallest absolute Gasteiger partial charge is 0.271 e. The predicted octanol–water partition coefficient (Wildman–Crippen LogP) is 0.790. The fourth-order valence-corrected chi connectivity index (χ4v) is 3.00. The van der Waals surface area contributed by atoms with Gasteiger partial charge in [0.1, 0.15) is 0 Å². The molecule has 1 amide bonds. The largest absolute Gasteiger partial charge is 0.354 e. The zero-order valence-electron chi connectivity index (χ0n) is 12.2. The minimum atomic E-state index is -0.215. The summed E-state index contributed by atoms with van der Waals surface area (Å²) in [6.07, 6.45) is 3.54. The third-order valence-corrected chi connectivity index (χ3v) is 4.07. The molecule has 1 aliphatic rings. The zero-order valence-corrected chi connectivity index (χ0v) is 12.2. The molecule has 0 bridgehead atoms. The lowest BCUT2D eigenvalue weighted by Gasteiger charge is -2.32. The Morgan fingerprint density at radius 1 is 1.45 bits per heavy atom. The molecule has 0 saturated heterocycles. The Balaban J connectivity index is 2.17. The quantitative estimate of drug-likeness (QED) is 0.831. The van der Waals surface area contributed by atoms with Crippen LogP contribution >= 0.6 is 0 Å². The van der Waals surface area contributed by atoms with E-state index in [9.17, 15) is 4.79 Å². The molecule has 1 heterocycles. The van der Waals surface area contributed by atoms with Gasteiger partial charge in [0.25, 0.3) is 5.91 Å². The third-order valence-electron chi connectivity index (χ3n) is 4.07. The molecule has 3 N–H and O–H groups in total. The molecule has 6 heteroatoms. The molecule has 1 aromatic heterocycles. The van der Waals surface area contributed by atoms with Gasteiger partial charge >= 0.3 is 0 Å². The molecule has 0 radical (unpaired) electrons. The van der Waals surface area contributed by atoms with Crippen LogP contribution in [-0.4, -0.2) is 42.3 Å². The number of nitrogens with one attached hydrogen (secondary N) is 1. The number of aromatic nitrogens is 2. The van der Waals surface area contributed by atoms with Gasteiger partial charge in [-0.25, -0.2) is 0 Å². The summed E-state index contributed by atoms with van der Waals surface area (Å²) < 4.78 is 0. The summed E-state index contributed by atoms with van der Waals surface area (Å²) in [4.78, 5) is 13.7.